The topological polar surface area (TPSA) is 122 Å². The first kappa shape index (κ1) is 24.1. The van der Waals surface area contributed by atoms with E-state index in [1.807, 2.05) is 0 Å². The summed E-state index contributed by atoms with van der Waals surface area (Å²) in [5.74, 6) is -0.149. The number of para-hydroxylation sites is 1. The van der Waals surface area contributed by atoms with E-state index < -0.39 is 32.5 Å². The van der Waals surface area contributed by atoms with Crippen molar-refractivity contribution < 1.29 is 26.4 Å². The monoisotopic (exact) mass is 489 g/mol. The Morgan fingerprint density at radius 3 is 2.15 bits per heavy atom. The molecule has 0 bridgehead atoms. The van der Waals surface area contributed by atoms with Gasteiger partial charge in [-0.3, -0.25) is 13.8 Å². The van der Waals surface area contributed by atoms with Crippen LogP contribution in [0, 0.1) is 0 Å². The number of amides is 1. The van der Waals surface area contributed by atoms with E-state index in [2.05, 4.69) is 10.0 Å². The second kappa shape index (κ2) is 9.92. The van der Waals surface area contributed by atoms with Crippen LogP contribution < -0.4 is 19.1 Å². The molecule has 1 amide bonds. The summed E-state index contributed by atoms with van der Waals surface area (Å²) in [6.45, 7) is -0.471. The van der Waals surface area contributed by atoms with Crippen LogP contribution in [0.1, 0.15) is 0 Å². The van der Waals surface area contributed by atoms with Crippen molar-refractivity contribution in [3.63, 3.8) is 0 Å². The first-order valence-corrected chi connectivity index (χ1v) is 13.0. The molecule has 0 saturated carbocycles. The number of carbonyl (C=O) groups excluding carboxylic acids is 1. The summed E-state index contributed by atoms with van der Waals surface area (Å²) in [6.07, 6.45) is 0.999. The van der Waals surface area contributed by atoms with Gasteiger partial charge in [-0.1, -0.05) is 24.3 Å². The summed E-state index contributed by atoms with van der Waals surface area (Å²) in [5, 5.41) is 2.58. The average molecular weight is 490 g/mol. The molecule has 0 aliphatic carbocycles. The number of sulfonamides is 2. The predicted octanol–water partition coefficient (Wildman–Crippen LogP) is 2.90. The lowest BCUT2D eigenvalue weighted by Crippen LogP contribution is -2.37. The lowest BCUT2D eigenvalue weighted by molar-refractivity contribution is -0.114. The Kier molecular flexibility index (Phi) is 7.24. The Morgan fingerprint density at radius 2 is 1.55 bits per heavy atom. The number of rotatable bonds is 9. The van der Waals surface area contributed by atoms with Crippen LogP contribution in [0.25, 0.3) is 0 Å². The van der Waals surface area contributed by atoms with E-state index in [1.165, 1.54) is 37.4 Å². The number of benzene rings is 3. The number of anilines is 3. The van der Waals surface area contributed by atoms with Crippen LogP contribution in [0.3, 0.4) is 0 Å². The minimum absolute atomic E-state index is 0.0125. The van der Waals surface area contributed by atoms with Gasteiger partial charge in [0.25, 0.3) is 10.0 Å². The largest absolute Gasteiger partial charge is 0.497 e. The van der Waals surface area contributed by atoms with Crippen molar-refractivity contribution in [3.8, 4) is 5.75 Å². The van der Waals surface area contributed by atoms with Gasteiger partial charge in [0.2, 0.25) is 15.9 Å². The first-order valence-electron chi connectivity index (χ1n) is 9.68. The molecule has 174 valence electrons. The molecule has 0 radical (unpaired) electrons. The van der Waals surface area contributed by atoms with Gasteiger partial charge in [-0.2, -0.15) is 0 Å². The van der Waals surface area contributed by atoms with Crippen LogP contribution in [0.2, 0.25) is 0 Å². The Labute approximate surface area is 193 Å². The second-order valence-electron chi connectivity index (χ2n) is 7.02. The maximum absolute atomic E-state index is 12.5. The zero-order chi connectivity index (χ0) is 24.1. The minimum atomic E-state index is -3.80. The zero-order valence-electron chi connectivity index (χ0n) is 17.9. The van der Waals surface area contributed by atoms with Gasteiger partial charge < -0.3 is 10.1 Å². The van der Waals surface area contributed by atoms with Crippen molar-refractivity contribution in [3.05, 3.63) is 78.9 Å². The van der Waals surface area contributed by atoms with Crippen molar-refractivity contribution in [1.29, 1.82) is 0 Å². The summed E-state index contributed by atoms with van der Waals surface area (Å²) in [5.41, 5.74) is 1.02. The minimum Gasteiger partial charge on any atom is -0.497 e. The van der Waals surface area contributed by atoms with Crippen LogP contribution >= 0.6 is 0 Å². The molecule has 11 heteroatoms. The third-order valence-electron chi connectivity index (χ3n) is 4.50. The highest BCUT2D eigenvalue weighted by Gasteiger charge is 2.22. The molecule has 0 heterocycles. The normalized spacial score (nSPS) is 11.5. The molecule has 0 fully saturated rings. The molecular weight excluding hydrogens is 466 g/mol. The van der Waals surface area contributed by atoms with Crippen molar-refractivity contribution in [2.75, 3.05) is 34.3 Å². The Hall–Kier alpha value is -3.57. The van der Waals surface area contributed by atoms with Gasteiger partial charge in [-0.05, 0) is 48.5 Å². The van der Waals surface area contributed by atoms with E-state index in [9.17, 15) is 21.6 Å². The molecule has 3 aromatic carbocycles. The van der Waals surface area contributed by atoms with Crippen molar-refractivity contribution in [2.45, 2.75) is 4.90 Å². The highest BCUT2D eigenvalue weighted by atomic mass is 32.2. The van der Waals surface area contributed by atoms with E-state index in [-0.39, 0.29) is 10.6 Å². The molecule has 0 spiro atoms. The number of ether oxygens (including phenoxy) is 1. The highest BCUT2D eigenvalue weighted by molar-refractivity contribution is 7.92. The van der Waals surface area contributed by atoms with E-state index in [0.29, 0.717) is 17.1 Å². The molecule has 0 aliphatic rings. The third kappa shape index (κ3) is 6.46. The molecule has 0 aromatic heterocycles. The van der Waals surface area contributed by atoms with E-state index in [0.717, 1.165) is 10.6 Å². The molecule has 0 saturated heterocycles. The Morgan fingerprint density at radius 1 is 0.879 bits per heavy atom. The van der Waals surface area contributed by atoms with Crippen molar-refractivity contribution in [2.24, 2.45) is 0 Å². The van der Waals surface area contributed by atoms with Gasteiger partial charge in [0.05, 0.1) is 23.9 Å². The highest BCUT2D eigenvalue weighted by Crippen LogP contribution is 2.23. The molecule has 2 N–H and O–H groups in total. The fourth-order valence-electron chi connectivity index (χ4n) is 2.93. The predicted molar refractivity (Wildman–Crippen MR) is 128 cm³/mol. The fraction of sp³-hybridized carbons (Fsp3) is 0.136. The summed E-state index contributed by atoms with van der Waals surface area (Å²) >= 11 is 0. The SMILES string of the molecule is COc1cccc(N(CC(=O)Nc2ccc(S(=O)(=O)Nc3ccccc3)cc2)S(C)(=O)=O)c1. The van der Waals surface area contributed by atoms with E-state index in [1.54, 1.807) is 48.5 Å². The number of nitrogens with one attached hydrogen (secondary N) is 2. The van der Waals surface area contributed by atoms with Gasteiger partial charge in [0.15, 0.2) is 0 Å². The molecule has 0 atom stereocenters. The maximum atomic E-state index is 12.5. The van der Waals surface area contributed by atoms with Gasteiger partial charge in [0, 0.05) is 17.4 Å². The van der Waals surface area contributed by atoms with Gasteiger partial charge >= 0.3 is 0 Å². The average Bonchev–Trinajstić information content (AvgIpc) is 2.77. The molecule has 0 aliphatic heterocycles. The van der Waals surface area contributed by atoms with Crippen molar-refractivity contribution in [1.82, 2.24) is 0 Å². The molecule has 0 unspecified atom stereocenters. The number of carbonyl (C=O) groups is 1. The van der Waals surface area contributed by atoms with E-state index >= 15 is 0 Å². The Balaban J connectivity index is 1.71. The standard InChI is InChI=1S/C22H23N3O6S2/c1-31-20-10-6-9-19(15-20)25(32(2,27)28)16-22(26)23-17-11-13-21(14-12-17)33(29,30)24-18-7-4-3-5-8-18/h3-15,24H,16H2,1-2H3,(H,23,26). The lowest BCUT2D eigenvalue weighted by Gasteiger charge is -2.22. The number of hydrogen-bond donors (Lipinski definition) is 2. The smallest absolute Gasteiger partial charge is 0.261 e. The number of hydrogen-bond acceptors (Lipinski definition) is 6. The quantitative estimate of drug-likeness (QED) is 0.477. The third-order valence-corrected chi connectivity index (χ3v) is 7.04. The first-order chi connectivity index (χ1) is 15.6. The van der Waals surface area contributed by atoms with Crippen LogP contribution in [0.4, 0.5) is 17.1 Å². The summed E-state index contributed by atoms with van der Waals surface area (Å²) < 4.78 is 58.1. The maximum Gasteiger partial charge on any atom is 0.261 e. The fourth-order valence-corrected chi connectivity index (χ4v) is 4.84. The summed E-state index contributed by atoms with van der Waals surface area (Å²) in [7, 11) is -6.10. The molecular formula is C22H23N3O6S2. The van der Waals surface area contributed by atoms with Crippen LogP contribution in [0.15, 0.2) is 83.8 Å². The molecule has 9 nitrogen and oxygen atoms in total. The number of nitrogens with zero attached hydrogens (tertiary/aromatic N) is 1. The lowest BCUT2D eigenvalue weighted by atomic mass is 10.3. The molecule has 3 aromatic rings. The van der Waals surface area contributed by atoms with Crippen LogP contribution in [0.5, 0.6) is 5.75 Å². The Bertz CT molecular complexity index is 1330. The summed E-state index contributed by atoms with van der Waals surface area (Å²) in [4.78, 5) is 12.6. The summed E-state index contributed by atoms with van der Waals surface area (Å²) in [6, 6.07) is 20.3. The zero-order valence-corrected chi connectivity index (χ0v) is 19.6. The van der Waals surface area contributed by atoms with Gasteiger partial charge in [-0.15, -0.1) is 0 Å². The van der Waals surface area contributed by atoms with Crippen molar-refractivity contribution >= 4 is 43.0 Å². The van der Waals surface area contributed by atoms with Gasteiger partial charge in [-0.25, -0.2) is 16.8 Å². The van der Waals surface area contributed by atoms with E-state index in [4.69, 9.17) is 4.74 Å². The molecule has 33 heavy (non-hydrogen) atoms. The van der Waals surface area contributed by atoms with Crippen LogP contribution in [-0.4, -0.2) is 42.7 Å². The van der Waals surface area contributed by atoms with Crippen LogP contribution in [-0.2, 0) is 24.8 Å². The number of methoxy groups -OCH3 is 1. The second-order valence-corrected chi connectivity index (χ2v) is 10.6. The molecule has 3 rings (SSSR count). The van der Waals surface area contributed by atoms with Gasteiger partial charge in [0.1, 0.15) is 12.3 Å².